The van der Waals surface area contributed by atoms with E-state index in [1.165, 1.54) is 5.57 Å². The molecule has 0 aromatic heterocycles. The molecule has 0 unspecified atom stereocenters. The van der Waals surface area contributed by atoms with E-state index in [0.29, 0.717) is 13.1 Å². The zero-order valence-electron chi connectivity index (χ0n) is 13.6. The van der Waals surface area contributed by atoms with Gasteiger partial charge in [0.2, 0.25) is 5.91 Å². The van der Waals surface area contributed by atoms with E-state index in [9.17, 15) is 9.59 Å². The van der Waals surface area contributed by atoms with Crippen molar-refractivity contribution in [1.29, 1.82) is 0 Å². The van der Waals surface area contributed by atoms with Crippen LogP contribution in [0.2, 0.25) is 0 Å². The Morgan fingerprint density at radius 3 is 2.70 bits per heavy atom. The van der Waals surface area contributed by atoms with Gasteiger partial charge in [-0.15, -0.1) is 0 Å². The molecule has 3 rings (SSSR count). The van der Waals surface area contributed by atoms with Gasteiger partial charge in [-0.3, -0.25) is 9.59 Å². The number of carbonyl (C=O) groups is 2. The van der Waals surface area contributed by atoms with Crippen LogP contribution in [-0.2, 0) is 14.3 Å². The van der Waals surface area contributed by atoms with Gasteiger partial charge in [-0.2, -0.15) is 0 Å². The van der Waals surface area contributed by atoms with Crippen LogP contribution in [0.1, 0.15) is 24.9 Å². The summed E-state index contributed by atoms with van der Waals surface area (Å²) >= 11 is 0. The molecule has 0 N–H and O–H groups in total. The van der Waals surface area contributed by atoms with Gasteiger partial charge in [0, 0.05) is 20.1 Å². The zero-order valence-corrected chi connectivity index (χ0v) is 13.6. The first-order chi connectivity index (χ1) is 11.1. The fraction of sp³-hybridized carbons (Fsp3) is 0.444. The second-order valence-electron chi connectivity index (χ2n) is 6.19. The standard InChI is InChI=1S/C18H22N2O3/c1-13-7-6-10-20(11-13)18(22)17-16(14-8-4-3-5-9-14)19(2)15(21)12-23-17/h3-5,7-9,16-17H,6,10-12H2,1-2H3/t16-,17+/m1/s1. The highest BCUT2D eigenvalue weighted by molar-refractivity contribution is 5.86. The molecule has 2 heterocycles. The van der Waals surface area contributed by atoms with Crippen LogP contribution in [0.4, 0.5) is 0 Å². The summed E-state index contributed by atoms with van der Waals surface area (Å²) in [6, 6.07) is 9.24. The lowest BCUT2D eigenvalue weighted by atomic mass is 9.96. The normalized spacial score (nSPS) is 25.3. The van der Waals surface area contributed by atoms with Gasteiger partial charge in [0.1, 0.15) is 6.61 Å². The molecule has 1 aromatic rings. The zero-order chi connectivity index (χ0) is 16.4. The second-order valence-corrected chi connectivity index (χ2v) is 6.19. The minimum atomic E-state index is -0.647. The third-order valence-electron chi connectivity index (χ3n) is 4.51. The second kappa shape index (κ2) is 6.54. The van der Waals surface area contributed by atoms with Crippen LogP contribution in [-0.4, -0.2) is 54.5 Å². The number of benzene rings is 1. The van der Waals surface area contributed by atoms with Crippen molar-refractivity contribution in [3.63, 3.8) is 0 Å². The van der Waals surface area contributed by atoms with Gasteiger partial charge in [0.05, 0.1) is 6.04 Å². The van der Waals surface area contributed by atoms with Crippen LogP contribution < -0.4 is 0 Å². The lowest BCUT2D eigenvalue weighted by Crippen LogP contribution is -2.54. The van der Waals surface area contributed by atoms with Crippen LogP contribution >= 0.6 is 0 Å². The molecule has 0 spiro atoms. The van der Waals surface area contributed by atoms with E-state index in [1.807, 2.05) is 42.2 Å². The molecular formula is C18H22N2O3. The first-order valence-corrected chi connectivity index (χ1v) is 7.94. The largest absolute Gasteiger partial charge is 0.356 e. The molecule has 122 valence electrons. The summed E-state index contributed by atoms with van der Waals surface area (Å²) in [5.41, 5.74) is 2.12. The fourth-order valence-corrected chi connectivity index (χ4v) is 3.25. The number of amides is 2. The Hall–Kier alpha value is -2.14. The number of hydrogen-bond acceptors (Lipinski definition) is 3. The average Bonchev–Trinajstić information content (AvgIpc) is 2.57. The number of rotatable bonds is 2. The predicted molar refractivity (Wildman–Crippen MR) is 86.6 cm³/mol. The Bertz CT molecular complexity index is 626. The van der Waals surface area contributed by atoms with Crippen molar-refractivity contribution < 1.29 is 14.3 Å². The quantitative estimate of drug-likeness (QED) is 0.782. The van der Waals surface area contributed by atoms with E-state index in [1.54, 1.807) is 11.9 Å². The third kappa shape index (κ3) is 3.15. The molecule has 5 nitrogen and oxygen atoms in total. The average molecular weight is 314 g/mol. The Labute approximate surface area is 136 Å². The monoisotopic (exact) mass is 314 g/mol. The Balaban J connectivity index is 1.87. The van der Waals surface area contributed by atoms with E-state index < -0.39 is 6.10 Å². The highest BCUT2D eigenvalue weighted by Crippen LogP contribution is 2.30. The molecule has 2 amide bonds. The summed E-state index contributed by atoms with van der Waals surface area (Å²) in [5.74, 6) is -0.136. The molecule has 0 bridgehead atoms. The molecule has 2 atom stereocenters. The number of morpholine rings is 1. The van der Waals surface area contributed by atoms with Crippen molar-refractivity contribution in [2.24, 2.45) is 0 Å². The maximum Gasteiger partial charge on any atom is 0.254 e. The first kappa shape index (κ1) is 15.7. The van der Waals surface area contributed by atoms with E-state index >= 15 is 0 Å². The number of hydrogen-bond donors (Lipinski definition) is 0. The van der Waals surface area contributed by atoms with Crippen molar-refractivity contribution in [2.45, 2.75) is 25.5 Å². The van der Waals surface area contributed by atoms with Crippen molar-refractivity contribution >= 4 is 11.8 Å². The van der Waals surface area contributed by atoms with Crippen LogP contribution in [0.25, 0.3) is 0 Å². The Kier molecular flexibility index (Phi) is 4.48. The maximum absolute atomic E-state index is 13.0. The van der Waals surface area contributed by atoms with E-state index in [4.69, 9.17) is 4.74 Å². The summed E-state index contributed by atoms with van der Waals surface area (Å²) in [6.07, 6.45) is 2.39. The summed E-state index contributed by atoms with van der Waals surface area (Å²) in [6.45, 7) is 3.33. The summed E-state index contributed by atoms with van der Waals surface area (Å²) < 4.78 is 5.68. The molecule has 1 fully saturated rings. The third-order valence-corrected chi connectivity index (χ3v) is 4.51. The number of nitrogens with zero attached hydrogens (tertiary/aromatic N) is 2. The van der Waals surface area contributed by atoms with E-state index in [2.05, 4.69) is 6.08 Å². The van der Waals surface area contributed by atoms with Crippen LogP contribution in [0.3, 0.4) is 0 Å². The molecule has 0 radical (unpaired) electrons. The van der Waals surface area contributed by atoms with E-state index in [-0.39, 0.29) is 24.5 Å². The molecule has 5 heteroatoms. The van der Waals surface area contributed by atoms with Gasteiger partial charge in [0.15, 0.2) is 6.10 Å². The lowest BCUT2D eigenvalue weighted by Gasteiger charge is -2.40. The molecule has 2 aliphatic rings. The van der Waals surface area contributed by atoms with Gasteiger partial charge in [0.25, 0.3) is 5.91 Å². The van der Waals surface area contributed by atoms with Gasteiger partial charge < -0.3 is 14.5 Å². The topological polar surface area (TPSA) is 49.9 Å². The summed E-state index contributed by atoms with van der Waals surface area (Å²) in [4.78, 5) is 28.5. The number of ether oxygens (including phenoxy) is 1. The number of likely N-dealkylation sites (N-methyl/N-ethyl adjacent to an activating group) is 1. The van der Waals surface area contributed by atoms with Crippen LogP contribution in [0, 0.1) is 0 Å². The van der Waals surface area contributed by atoms with Gasteiger partial charge in [-0.1, -0.05) is 42.0 Å². The highest BCUT2D eigenvalue weighted by atomic mass is 16.5. The Morgan fingerprint density at radius 1 is 1.26 bits per heavy atom. The molecule has 1 aromatic carbocycles. The van der Waals surface area contributed by atoms with Crippen molar-refractivity contribution in [3.05, 3.63) is 47.5 Å². The van der Waals surface area contributed by atoms with Gasteiger partial charge in [-0.25, -0.2) is 0 Å². The SMILES string of the molecule is CC1=CCCN(C(=O)[C@H]2OCC(=O)N(C)[C@@H]2c2ccccc2)C1. The molecular weight excluding hydrogens is 292 g/mol. The minimum Gasteiger partial charge on any atom is -0.356 e. The van der Waals surface area contributed by atoms with Crippen LogP contribution in [0.15, 0.2) is 42.0 Å². The molecule has 0 aliphatic carbocycles. The summed E-state index contributed by atoms with van der Waals surface area (Å²) in [5, 5.41) is 0. The highest BCUT2D eigenvalue weighted by Gasteiger charge is 2.41. The molecule has 0 saturated carbocycles. The first-order valence-electron chi connectivity index (χ1n) is 7.94. The minimum absolute atomic E-state index is 0.0364. The van der Waals surface area contributed by atoms with Crippen molar-refractivity contribution in [2.75, 3.05) is 26.7 Å². The van der Waals surface area contributed by atoms with Crippen LogP contribution in [0.5, 0.6) is 0 Å². The molecule has 23 heavy (non-hydrogen) atoms. The van der Waals surface area contributed by atoms with Gasteiger partial charge >= 0.3 is 0 Å². The fourth-order valence-electron chi connectivity index (χ4n) is 3.25. The smallest absolute Gasteiger partial charge is 0.254 e. The van der Waals surface area contributed by atoms with E-state index in [0.717, 1.165) is 12.0 Å². The van der Waals surface area contributed by atoms with Gasteiger partial charge in [-0.05, 0) is 18.9 Å². The van der Waals surface area contributed by atoms with Crippen molar-refractivity contribution in [3.8, 4) is 0 Å². The number of carbonyl (C=O) groups excluding carboxylic acids is 2. The maximum atomic E-state index is 13.0. The van der Waals surface area contributed by atoms with Crippen molar-refractivity contribution in [1.82, 2.24) is 9.80 Å². The Morgan fingerprint density at radius 2 is 2.00 bits per heavy atom. The lowest BCUT2D eigenvalue weighted by molar-refractivity contribution is -0.167. The summed E-state index contributed by atoms with van der Waals surface area (Å²) in [7, 11) is 1.74. The molecule has 1 saturated heterocycles. The molecule has 2 aliphatic heterocycles. The predicted octanol–water partition coefficient (Wildman–Crippen LogP) is 1.76.